The molecule has 0 spiro atoms. The van der Waals surface area contributed by atoms with Crippen LogP contribution in [0.15, 0.2) is 21.6 Å². The minimum atomic E-state index is 0. The molecule has 0 aromatic carbocycles. The van der Waals surface area contributed by atoms with Crippen molar-refractivity contribution in [2.24, 2.45) is 4.99 Å². The molecule has 0 amide bonds. The first-order valence-electron chi connectivity index (χ1n) is 7.88. The van der Waals surface area contributed by atoms with Crippen molar-refractivity contribution in [3.05, 3.63) is 33.6 Å². The summed E-state index contributed by atoms with van der Waals surface area (Å²) in [5, 5.41) is 10.5. The van der Waals surface area contributed by atoms with Gasteiger partial charge in [-0.1, -0.05) is 5.16 Å². The molecule has 1 unspecified atom stereocenters. The summed E-state index contributed by atoms with van der Waals surface area (Å²) in [5.41, 5.74) is 0. The van der Waals surface area contributed by atoms with Crippen molar-refractivity contribution in [3.8, 4) is 0 Å². The van der Waals surface area contributed by atoms with Crippen molar-refractivity contribution in [2.45, 2.75) is 46.1 Å². The third-order valence-electron chi connectivity index (χ3n) is 3.34. The van der Waals surface area contributed by atoms with Crippen molar-refractivity contribution in [2.75, 3.05) is 13.6 Å². The largest absolute Gasteiger partial charge is 0.356 e. The second kappa shape index (κ2) is 10.7. The molecule has 134 valence electrons. The molecule has 2 rings (SSSR count). The maximum Gasteiger partial charge on any atom is 0.226 e. The van der Waals surface area contributed by atoms with Crippen LogP contribution < -0.4 is 10.6 Å². The number of aliphatic imine (C=N–C) groups is 1. The number of halogens is 1. The Hall–Kier alpha value is -1.16. The number of guanidine groups is 1. The summed E-state index contributed by atoms with van der Waals surface area (Å²) in [6, 6.07) is 4.69. The zero-order valence-corrected chi connectivity index (χ0v) is 17.8. The van der Waals surface area contributed by atoms with Crippen molar-refractivity contribution in [3.63, 3.8) is 0 Å². The lowest BCUT2D eigenvalue weighted by Gasteiger charge is -2.17. The number of aromatic nitrogens is 2. The minimum Gasteiger partial charge on any atom is -0.356 e. The summed E-state index contributed by atoms with van der Waals surface area (Å²) >= 11 is 1.85. The second-order valence-electron chi connectivity index (χ2n) is 5.60. The van der Waals surface area contributed by atoms with Gasteiger partial charge >= 0.3 is 0 Å². The summed E-state index contributed by atoms with van der Waals surface area (Å²) in [4.78, 5) is 11.2. The van der Waals surface area contributed by atoms with Crippen molar-refractivity contribution >= 4 is 41.3 Å². The summed E-state index contributed by atoms with van der Waals surface area (Å²) in [6.07, 6.45) is 2.69. The number of rotatable bonds is 7. The van der Waals surface area contributed by atoms with E-state index in [2.05, 4.69) is 51.7 Å². The Morgan fingerprint density at radius 3 is 2.75 bits per heavy atom. The highest BCUT2D eigenvalue weighted by atomic mass is 127. The number of aryl methyl sites for hydroxylation is 3. The molecule has 24 heavy (non-hydrogen) atoms. The van der Waals surface area contributed by atoms with Gasteiger partial charge in [0.1, 0.15) is 0 Å². The van der Waals surface area contributed by atoms with E-state index in [9.17, 15) is 0 Å². The van der Waals surface area contributed by atoms with Gasteiger partial charge in [-0.15, -0.1) is 35.3 Å². The zero-order chi connectivity index (χ0) is 16.7. The first kappa shape index (κ1) is 20.9. The summed E-state index contributed by atoms with van der Waals surface area (Å²) < 4.78 is 5.10. The van der Waals surface area contributed by atoms with E-state index >= 15 is 0 Å². The Morgan fingerprint density at radius 1 is 1.38 bits per heavy atom. The molecular formula is C16H26IN5OS. The molecule has 0 fully saturated rings. The maximum atomic E-state index is 5.10. The molecule has 0 saturated heterocycles. The van der Waals surface area contributed by atoms with Gasteiger partial charge in [0.25, 0.3) is 0 Å². The average molecular weight is 463 g/mol. The molecule has 0 bridgehead atoms. The molecule has 2 heterocycles. The second-order valence-corrected chi connectivity index (χ2v) is 6.97. The highest BCUT2D eigenvalue weighted by Gasteiger charge is 2.08. The summed E-state index contributed by atoms with van der Waals surface area (Å²) in [7, 11) is 1.79. The van der Waals surface area contributed by atoms with Crippen molar-refractivity contribution in [1.82, 2.24) is 20.8 Å². The molecule has 2 N–H and O–H groups in total. The molecule has 1 atom stereocenters. The van der Waals surface area contributed by atoms with Crippen LogP contribution >= 0.6 is 35.3 Å². The monoisotopic (exact) mass is 463 g/mol. The van der Waals surface area contributed by atoms with Crippen LogP contribution in [0.5, 0.6) is 0 Å². The van der Waals surface area contributed by atoms with E-state index in [1.54, 1.807) is 7.05 Å². The van der Waals surface area contributed by atoms with Gasteiger partial charge in [0.05, 0.1) is 0 Å². The lowest BCUT2D eigenvalue weighted by atomic mass is 10.2. The predicted octanol–water partition coefficient (Wildman–Crippen LogP) is 3.09. The van der Waals surface area contributed by atoms with Crippen LogP contribution in [-0.2, 0) is 12.8 Å². The highest BCUT2D eigenvalue weighted by Crippen LogP contribution is 2.16. The number of hydrogen-bond acceptors (Lipinski definition) is 5. The van der Waals surface area contributed by atoms with Crippen LogP contribution in [0.25, 0.3) is 0 Å². The van der Waals surface area contributed by atoms with E-state index in [0.717, 1.165) is 31.8 Å². The van der Waals surface area contributed by atoms with E-state index < -0.39 is 0 Å². The van der Waals surface area contributed by atoms with Gasteiger partial charge in [0.15, 0.2) is 11.8 Å². The Bertz CT molecular complexity index is 640. The molecule has 0 aliphatic carbocycles. The molecule has 2 aromatic rings. The molecule has 0 aliphatic heterocycles. The average Bonchev–Trinajstić information content (AvgIpc) is 3.10. The zero-order valence-electron chi connectivity index (χ0n) is 14.6. The maximum absolute atomic E-state index is 5.10. The van der Waals surface area contributed by atoms with Crippen LogP contribution in [0.2, 0.25) is 0 Å². The number of thiophene rings is 1. The van der Waals surface area contributed by atoms with Gasteiger partial charge in [-0.25, -0.2) is 0 Å². The topological polar surface area (TPSA) is 75.3 Å². The first-order valence-corrected chi connectivity index (χ1v) is 8.70. The van der Waals surface area contributed by atoms with Crippen LogP contribution in [0.1, 0.15) is 34.8 Å². The standard InChI is InChI=1S/C16H25N5OS.HI/c1-11(10-14-8-7-12(2)23-14)19-16(17-4)18-9-5-6-15-20-13(3)21-22-15;/h7-8,11H,5-6,9-10H2,1-4H3,(H2,17,18,19);1H. The molecule has 2 aromatic heterocycles. The lowest BCUT2D eigenvalue weighted by Crippen LogP contribution is -2.43. The SMILES string of the molecule is CN=C(NCCCc1nc(C)no1)NC(C)Cc1ccc(C)s1.I. The smallest absolute Gasteiger partial charge is 0.226 e. The molecule has 0 radical (unpaired) electrons. The fourth-order valence-electron chi connectivity index (χ4n) is 2.26. The predicted molar refractivity (Wildman–Crippen MR) is 109 cm³/mol. The molecular weight excluding hydrogens is 437 g/mol. The summed E-state index contributed by atoms with van der Waals surface area (Å²) in [6.45, 7) is 6.94. The van der Waals surface area contributed by atoms with Crippen LogP contribution in [-0.4, -0.2) is 35.7 Å². The Kier molecular flexibility index (Phi) is 9.27. The van der Waals surface area contributed by atoms with Gasteiger partial charge in [0, 0.05) is 42.2 Å². The van der Waals surface area contributed by atoms with E-state index in [0.29, 0.717) is 17.8 Å². The first-order chi connectivity index (χ1) is 11.1. The van der Waals surface area contributed by atoms with Gasteiger partial charge in [-0.05, 0) is 39.3 Å². The van der Waals surface area contributed by atoms with Crippen LogP contribution in [0.4, 0.5) is 0 Å². The van der Waals surface area contributed by atoms with E-state index in [4.69, 9.17) is 4.52 Å². The van der Waals surface area contributed by atoms with Gasteiger partial charge in [-0.2, -0.15) is 4.98 Å². The van der Waals surface area contributed by atoms with Crippen molar-refractivity contribution in [1.29, 1.82) is 0 Å². The van der Waals surface area contributed by atoms with Gasteiger partial charge < -0.3 is 15.2 Å². The quantitative estimate of drug-likeness (QED) is 0.286. The van der Waals surface area contributed by atoms with Crippen LogP contribution in [0, 0.1) is 13.8 Å². The van der Waals surface area contributed by atoms with Gasteiger partial charge in [0.2, 0.25) is 5.89 Å². The number of nitrogens with zero attached hydrogens (tertiary/aromatic N) is 3. The molecule has 6 nitrogen and oxygen atoms in total. The molecule has 8 heteroatoms. The normalized spacial score (nSPS) is 12.6. The van der Waals surface area contributed by atoms with E-state index in [1.165, 1.54) is 9.75 Å². The van der Waals surface area contributed by atoms with E-state index in [1.807, 2.05) is 18.3 Å². The highest BCUT2D eigenvalue weighted by molar-refractivity contribution is 14.0. The third kappa shape index (κ3) is 7.16. The van der Waals surface area contributed by atoms with Gasteiger partial charge in [-0.3, -0.25) is 4.99 Å². The van der Waals surface area contributed by atoms with E-state index in [-0.39, 0.29) is 24.0 Å². The third-order valence-corrected chi connectivity index (χ3v) is 4.36. The molecule has 0 aliphatic rings. The lowest BCUT2D eigenvalue weighted by molar-refractivity contribution is 0.372. The number of nitrogens with one attached hydrogen (secondary N) is 2. The Morgan fingerprint density at radius 2 is 2.17 bits per heavy atom. The number of hydrogen-bond donors (Lipinski definition) is 2. The van der Waals surface area contributed by atoms with Crippen LogP contribution in [0.3, 0.4) is 0 Å². The Labute approximate surface area is 164 Å². The molecule has 0 saturated carbocycles. The fourth-order valence-corrected chi connectivity index (χ4v) is 3.28. The van der Waals surface area contributed by atoms with Crippen molar-refractivity contribution < 1.29 is 4.52 Å². The minimum absolute atomic E-state index is 0. The Balaban J connectivity index is 0.00000288. The summed E-state index contributed by atoms with van der Waals surface area (Å²) in [5.74, 6) is 2.20. The fraction of sp³-hybridized carbons (Fsp3) is 0.562.